The minimum Gasteiger partial charge on any atom is -0.480 e. The molecule has 0 spiro atoms. The van der Waals surface area contributed by atoms with Crippen LogP contribution in [0.25, 0.3) is 0 Å². The third-order valence-electron chi connectivity index (χ3n) is 1.47. The lowest BCUT2D eigenvalue weighted by atomic mass is 10.2. The van der Waals surface area contributed by atoms with Crippen LogP contribution in [0.4, 0.5) is 4.79 Å². The number of ether oxygens (including phenoxy) is 2. The molecule has 0 aromatic carbocycles. The molecule has 0 heterocycles. The monoisotopic (exact) mass is 278 g/mol. The van der Waals surface area contributed by atoms with Gasteiger partial charge >= 0.3 is 18.0 Å². The molecule has 0 fully saturated rings. The molecule has 3 N–H and O–H groups in total. The normalized spacial score (nSPS) is 9.79. The number of hydrogen-bond donors (Lipinski definition) is 2. The van der Waals surface area contributed by atoms with E-state index in [1.54, 1.807) is 20.8 Å². The zero-order valence-electron chi connectivity index (χ0n) is 11.9. The van der Waals surface area contributed by atoms with Crippen LogP contribution >= 0.6 is 0 Å². The summed E-state index contributed by atoms with van der Waals surface area (Å²) < 4.78 is 9.06. The van der Waals surface area contributed by atoms with Crippen molar-refractivity contribution in [1.82, 2.24) is 4.90 Å². The number of rotatable bonds is 3. The molecule has 8 nitrogen and oxygen atoms in total. The summed E-state index contributed by atoms with van der Waals surface area (Å²) in [4.78, 5) is 32.2. The van der Waals surface area contributed by atoms with Crippen LogP contribution < -0.4 is 5.73 Å². The van der Waals surface area contributed by atoms with Crippen molar-refractivity contribution < 1.29 is 29.0 Å². The first-order chi connectivity index (χ1) is 8.53. The average molecular weight is 278 g/mol. The van der Waals surface area contributed by atoms with E-state index in [1.165, 1.54) is 14.2 Å². The Morgan fingerprint density at radius 3 is 1.95 bits per heavy atom. The number of carbonyl (C=O) groups excluding carboxylic acids is 2. The fraction of sp³-hybridized carbons (Fsp3) is 0.727. The molecular weight excluding hydrogens is 256 g/mol. The molecule has 0 aliphatic carbocycles. The molecule has 8 heteroatoms. The van der Waals surface area contributed by atoms with Gasteiger partial charge in [0.1, 0.15) is 12.1 Å². The number of likely N-dealkylation sites (N-methyl/N-ethyl adjacent to an activating group) is 1. The summed E-state index contributed by atoms with van der Waals surface area (Å²) in [5.74, 6) is -1.44. The lowest BCUT2D eigenvalue weighted by molar-refractivity contribution is -0.139. The topological polar surface area (TPSA) is 119 Å². The van der Waals surface area contributed by atoms with Crippen LogP contribution in [0.15, 0.2) is 0 Å². The lowest BCUT2D eigenvalue weighted by Crippen LogP contribution is -2.37. The third-order valence-corrected chi connectivity index (χ3v) is 1.47. The first-order valence-corrected chi connectivity index (χ1v) is 5.46. The number of carbonyl (C=O) groups is 3. The molecule has 0 unspecified atom stereocenters. The lowest BCUT2D eigenvalue weighted by Gasteiger charge is -2.23. The number of hydrogen-bond acceptors (Lipinski definition) is 6. The Labute approximate surface area is 112 Å². The molecule has 0 rings (SSSR count). The Balaban J connectivity index is 0. The Morgan fingerprint density at radius 1 is 1.26 bits per heavy atom. The van der Waals surface area contributed by atoms with Crippen LogP contribution in [-0.2, 0) is 19.1 Å². The number of esters is 1. The molecule has 112 valence electrons. The van der Waals surface area contributed by atoms with Crippen molar-refractivity contribution in [3.63, 3.8) is 0 Å². The molecule has 0 aliphatic heterocycles. The Bertz CT molecular complexity index is 305. The zero-order valence-corrected chi connectivity index (χ0v) is 11.9. The second-order valence-corrected chi connectivity index (χ2v) is 4.51. The largest absolute Gasteiger partial charge is 0.480 e. The summed E-state index contributed by atoms with van der Waals surface area (Å²) in [6.07, 6.45) is -0.630. The molecule has 19 heavy (non-hydrogen) atoms. The van der Waals surface area contributed by atoms with Crippen molar-refractivity contribution >= 4 is 18.0 Å². The number of amides is 1. The van der Waals surface area contributed by atoms with Gasteiger partial charge in [-0.05, 0) is 20.8 Å². The molecular formula is C11H22N2O6. The predicted octanol–water partition coefficient (Wildman–Crippen LogP) is 0.0560. The molecule has 0 saturated carbocycles. The quantitative estimate of drug-likeness (QED) is 0.700. The minimum absolute atomic E-state index is 0.0312. The van der Waals surface area contributed by atoms with Crippen molar-refractivity contribution in [3.8, 4) is 0 Å². The van der Waals surface area contributed by atoms with E-state index >= 15 is 0 Å². The molecule has 0 atom stereocenters. The second-order valence-electron chi connectivity index (χ2n) is 4.51. The number of methoxy groups -OCH3 is 1. The van der Waals surface area contributed by atoms with Gasteiger partial charge in [0, 0.05) is 7.05 Å². The Kier molecular flexibility index (Phi) is 9.39. The van der Waals surface area contributed by atoms with Crippen LogP contribution in [-0.4, -0.2) is 60.9 Å². The van der Waals surface area contributed by atoms with Gasteiger partial charge in [-0.1, -0.05) is 0 Å². The SMILES string of the molecule is CN(CC(=O)O)C(=O)OC(C)(C)C.COC(=O)CN. The van der Waals surface area contributed by atoms with Crippen molar-refractivity contribution in [2.75, 3.05) is 27.2 Å². The van der Waals surface area contributed by atoms with E-state index < -0.39 is 17.7 Å². The van der Waals surface area contributed by atoms with E-state index in [-0.39, 0.29) is 19.1 Å². The molecule has 0 bridgehead atoms. The first kappa shape index (κ1) is 19.5. The van der Waals surface area contributed by atoms with Gasteiger partial charge in [-0.2, -0.15) is 0 Å². The highest BCUT2D eigenvalue weighted by Gasteiger charge is 2.20. The highest BCUT2D eigenvalue weighted by atomic mass is 16.6. The fourth-order valence-electron chi connectivity index (χ4n) is 0.691. The average Bonchev–Trinajstić information content (AvgIpc) is 2.25. The number of nitrogens with two attached hydrogens (primary N) is 1. The van der Waals surface area contributed by atoms with Gasteiger partial charge < -0.3 is 25.2 Å². The van der Waals surface area contributed by atoms with Crippen molar-refractivity contribution in [2.24, 2.45) is 5.73 Å². The number of carboxylic acid groups (broad SMARTS) is 1. The maximum absolute atomic E-state index is 11.1. The maximum Gasteiger partial charge on any atom is 0.410 e. The van der Waals surface area contributed by atoms with Gasteiger partial charge in [-0.15, -0.1) is 0 Å². The third kappa shape index (κ3) is 14.1. The summed E-state index contributed by atoms with van der Waals surface area (Å²) in [7, 11) is 2.68. The van der Waals surface area contributed by atoms with Crippen molar-refractivity contribution in [1.29, 1.82) is 0 Å². The van der Waals surface area contributed by atoms with Crippen LogP contribution in [0.1, 0.15) is 20.8 Å². The van der Waals surface area contributed by atoms with Crippen LogP contribution in [0.3, 0.4) is 0 Å². The summed E-state index contributed by atoms with van der Waals surface area (Å²) in [5.41, 5.74) is 4.21. The summed E-state index contributed by atoms with van der Waals surface area (Å²) >= 11 is 0. The van der Waals surface area contributed by atoms with Crippen LogP contribution in [0.5, 0.6) is 0 Å². The molecule has 0 radical (unpaired) electrons. The van der Waals surface area contributed by atoms with Crippen molar-refractivity contribution in [3.05, 3.63) is 0 Å². The van der Waals surface area contributed by atoms with Gasteiger partial charge in [0.05, 0.1) is 13.7 Å². The molecule has 0 saturated heterocycles. The maximum atomic E-state index is 11.1. The summed E-state index contributed by atoms with van der Waals surface area (Å²) in [6, 6.07) is 0. The second kappa shape index (κ2) is 9.15. The van der Waals surface area contributed by atoms with Crippen molar-refractivity contribution in [2.45, 2.75) is 26.4 Å². The minimum atomic E-state index is -1.06. The molecule has 0 aromatic rings. The predicted molar refractivity (Wildman–Crippen MR) is 67.6 cm³/mol. The van der Waals surface area contributed by atoms with Crippen LogP contribution in [0.2, 0.25) is 0 Å². The van der Waals surface area contributed by atoms with E-state index in [0.29, 0.717) is 0 Å². The highest BCUT2D eigenvalue weighted by molar-refractivity contribution is 5.76. The van der Waals surface area contributed by atoms with E-state index in [9.17, 15) is 14.4 Å². The standard InChI is InChI=1S/C8H15NO4.C3H7NO2/c1-8(2,3)13-7(12)9(4)5-6(10)11;1-6-3(5)2-4/h5H2,1-4H3,(H,10,11);2,4H2,1H3. The molecule has 1 amide bonds. The Morgan fingerprint density at radius 2 is 1.74 bits per heavy atom. The highest BCUT2D eigenvalue weighted by Crippen LogP contribution is 2.08. The molecule has 0 aliphatic rings. The molecule has 0 aromatic heterocycles. The summed E-state index contributed by atoms with van der Waals surface area (Å²) in [5, 5.41) is 8.38. The Hall–Kier alpha value is -1.83. The smallest absolute Gasteiger partial charge is 0.410 e. The van der Waals surface area contributed by atoms with Gasteiger partial charge in [-0.25, -0.2) is 4.79 Å². The van der Waals surface area contributed by atoms with Gasteiger partial charge in [0.25, 0.3) is 0 Å². The van der Waals surface area contributed by atoms with Gasteiger partial charge in [-0.3, -0.25) is 9.59 Å². The van der Waals surface area contributed by atoms with Crippen LogP contribution in [0, 0.1) is 0 Å². The van der Waals surface area contributed by atoms with Gasteiger partial charge in [0.15, 0.2) is 0 Å². The van der Waals surface area contributed by atoms with E-state index in [1.807, 2.05) is 0 Å². The van der Waals surface area contributed by atoms with E-state index in [2.05, 4.69) is 4.74 Å². The number of aliphatic carboxylic acids is 1. The van der Waals surface area contributed by atoms with E-state index in [4.69, 9.17) is 15.6 Å². The van der Waals surface area contributed by atoms with Gasteiger partial charge in [0.2, 0.25) is 0 Å². The number of nitrogens with zero attached hydrogens (tertiary/aromatic N) is 1. The number of carboxylic acids is 1. The zero-order chi connectivity index (χ0) is 15.6. The fourth-order valence-corrected chi connectivity index (χ4v) is 0.691. The summed E-state index contributed by atoms with van der Waals surface area (Å²) in [6.45, 7) is 4.78. The van der Waals surface area contributed by atoms with E-state index in [0.717, 1.165) is 4.90 Å². The first-order valence-electron chi connectivity index (χ1n) is 5.46.